The average Bonchev–Trinajstić information content (AvgIpc) is 2.81. The second-order valence-corrected chi connectivity index (χ2v) is 7.72. The van der Waals surface area contributed by atoms with Gasteiger partial charge in [-0.15, -0.1) is 0 Å². The SMILES string of the molecule is Cc1ccc(OCCC(=O)Nc2cccc(Nc3cc(-c4ccccc4)nc(C)n3)c2)cc1. The van der Waals surface area contributed by atoms with Crippen molar-refractivity contribution in [1.82, 2.24) is 9.97 Å². The zero-order chi connectivity index (χ0) is 23.0. The first-order valence-corrected chi connectivity index (χ1v) is 10.8. The molecular weight excluding hydrogens is 412 g/mol. The molecular formula is C27H26N4O2. The summed E-state index contributed by atoms with van der Waals surface area (Å²) in [5.41, 5.74) is 4.57. The van der Waals surface area contributed by atoms with Gasteiger partial charge in [-0.1, -0.05) is 54.1 Å². The average molecular weight is 439 g/mol. The van der Waals surface area contributed by atoms with E-state index in [4.69, 9.17) is 4.74 Å². The first-order chi connectivity index (χ1) is 16.0. The van der Waals surface area contributed by atoms with E-state index in [0.717, 1.165) is 22.7 Å². The summed E-state index contributed by atoms with van der Waals surface area (Å²) in [4.78, 5) is 21.4. The first-order valence-electron chi connectivity index (χ1n) is 10.8. The molecule has 3 aromatic carbocycles. The summed E-state index contributed by atoms with van der Waals surface area (Å²) in [5.74, 6) is 2.02. The summed E-state index contributed by atoms with van der Waals surface area (Å²) >= 11 is 0. The van der Waals surface area contributed by atoms with E-state index in [2.05, 4.69) is 20.6 Å². The Labute approximate surface area is 193 Å². The predicted molar refractivity (Wildman–Crippen MR) is 132 cm³/mol. The minimum absolute atomic E-state index is 0.108. The van der Waals surface area contributed by atoms with Crippen molar-refractivity contribution in [3.8, 4) is 17.0 Å². The summed E-state index contributed by atoms with van der Waals surface area (Å²) < 4.78 is 5.64. The Balaban J connectivity index is 1.36. The molecule has 4 aromatic rings. The van der Waals surface area contributed by atoms with Gasteiger partial charge in [-0.05, 0) is 44.2 Å². The van der Waals surface area contributed by atoms with E-state index in [1.165, 1.54) is 5.56 Å². The third-order valence-corrected chi connectivity index (χ3v) is 4.95. The minimum Gasteiger partial charge on any atom is -0.493 e. The standard InChI is InChI=1S/C27H26N4O2/c1-19-11-13-24(14-12-19)33-16-15-27(32)31-23-10-6-9-22(17-23)30-26-18-25(28-20(2)29-26)21-7-4-3-5-8-21/h3-14,17-18H,15-16H2,1-2H3,(H,31,32)(H,28,29,30). The van der Waals surface area contributed by atoms with E-state index >= 15 is 0 Å². The largest absolute Gasteiger partial charge is 0.493 e. The number of nitrogens with one attached hydrogen (secondary N) is 2. The van der Waals surface area contributed by atoms with Gasteiger partial charge in [0.2, 0.25) is 5.91 Å². The number of rotatable bonds is 8. The molecule has 166 valence electrons. The van der Waals surface area contributed by atoms with Crippen molar-refractivity contribution < 1.29 is 9.53 Å². The molecule has 0 aliphatic carbocycles. The van der Waals surface area contributed by atoms with E-state index in [9.17, 15) is 4.79 Å². The summed E-state index contributed by atoms with van der Waals surface area (Å²) in [6.45, 7) is 4.20. The van der Waals surface area contributed by atoms with Gasteiger partial charge in [-0.3, -0.25) is 4.79 Å². The third-order valence-electron chi connectivity index (χ3n) is 4.95. The smallest absolute Gasteiger partial charge is 0.227 e. The maximum atomic E-state index is 12.3. The quantitative estimate of drug-likeness (QED) is 0.358. The molecule has 4 rings (SSSR count). The number of aryl methyl sites for hydroxylation is 2. The highest BCUT2D eigenvalue weighted by Gasteiger charge is 2.07. The highest BCUT2D eigenvalue weighted by molar-refractivity contribution is 5.91. The van der Waals surface area contributed by atoms with Crippen LogP contribution in [0, 0.1) is 13.8 Å². The van der Waals surface area contributed by atoms with Gasteiger partial charge in [0.15, 0.2) is 0 Å². The lowest BCUT2D eigenvalue weighted by Crippen LogP contribution is -2.15. The van der Waals surface area contributed by atoms with E-state index < -0.39 is 0 Å². The third kappa shape index (κ3) is 6.40. The number of amides is 1. The maximum absolute atomic E-state index is 12.3. The van der Waals surface area contributed by atoms with E-state index in [1.54, 1.807) is 0 Å². The van der Waals surface area contributed by atoms with Gasteiger partial charge in [0.25, 0.3) is 0 Å². The monoisotopic (exact) mass is 438 g/mol. The normalized spacial score (nSPS) is 10.5. The molecule has 0 saturated carbocycles. The number of nitrogens with zero attached hydrogens (tertiary/aromatic N) is 2. The van der Waals surface area contributed by atoms with Crippen LogP contribution >= 0.6 is 0 Å². The fraction of sp³-hybridized carbons (Fsp3) is 0.148. The lowest BCUT2D eigenvalue weighted by atomic mass is 10.1. The molecule has 0 spiro atoms. The Morgan fingerprint density at radius 1 is 0.848 bits per heavy atom. The number of aromatic nitrogens is 2. The van der Waals surface area contributed by atoms with Crippen molar-refractivity contribution in [2.75, 3.05) is 17.2 Å². The van der Waals surface area contributed by atoms with Gasteiger partial charge in [0, 0.05) is 23.0 Å². The number of anilines is 3. The molecule has 6 nitrogen and oxygen atoms in total. The minimum atomic E-state index is -0.108. The van der Waals surface area contributed by atoms with Crippen LogP contribution in [-0.2, 0) is 4.79 Å². The van der Waals surface area contributed by atoms with Crippen LogP contribution in [0.4, 0.5) is 17.2 Å². The zero-order valence-electron chi connectivity index (χ0n) is 18.7. The van der Waals surface area contributed by atoms with Crippen molar-refractivity contribution in [3.63, 3.8) is 0 Å². The Kier molecular flexibility index (Phi) is 6.95. The highest BCUT2D eigenvalue weighted by Crippen LogP contribution is 2.23. The van der Waals surface area contributed by atoms with Crippen molar-refractivity contribution >= 4 is 23.1 Å². The van der Waals surface area contributed by atoms with Gasteiger partial charge < -0.3 is 15.4 Å². The molecule has 1 aromatic heterocycles. The number of carbonyl (C=O) groups excluding carboxylic acids is 1. The Bertz CT molecular complexity index is 1220. The van der Waals surface area contributed by atoms with Crippen LogP contribution in [-0.4, -0.2) is 22.5 Å². The number of hydrogen-bond acceptors (Lipinski definition) is 5. The van der Waals surface area contributed by atoms with Crippen molar-refractivity contribution in [2.24, 2.45) is 0 Å². The summed E-state index contributed by atoms with van der Waals surface area (Å²) in [5, 5.41) is 6.23. The number of carbonyl (C=O) groups is 1. The number of ether oxygens (including phenoxy) is 1. The maximum Gasteiger partial charge on any atom is 0.227 e. The zero-order valence-corrected chi connectivity index (χ0v) is 18.7. The van der Waals surface area contributed by atoms with Gasteiger partial charge >= 0.3 is 0 Å². The van der Waals surface area contributed by atoms with Gasteiger partial charge in [-0.2, -0.15) is 0 Å². The molecule has 0 aliphatic heterocycles. The molecule has 0 fully saturated rings. The van der Waals surface area contributed by atoms with Crippen LogP contribution in [0.1, 0.15) is 17.8 Å². The van der Waals surface area contributed by atoms with Crippen LogP contribution in [0.3, 0.4) is 0 Å². The van der Waals surface area contributed by atoms with Gasteiger partial charge in [-0.25, -0.2) is 9.97 Å². The summed E-state index contributed by atoms with van der Waals surface area (Å²) in [6.07, 6.45) is 0.261. The molecule has 0 unspecified atom stereocenters. The highest BCUT2D eigenvalue weighted by atomic mass is 16.5. The van der Waals surface area contributed by atoms with Crippen molar-refractivity contribution in [2.45, 2.75) is 20.3 Å². The van der Waals surface area contributed by atoms with E-state index in [0.29, 0.717) is 23.9 Å². The molecule has 33 heavy (non-hydrogen) atoms. The Morgan fingerprint density at radius 3 is 2.39 bits per heavy atom. The number of hydrogen-bond donors (Lipinski definition) is 2. The molecule has 0 bridgehead atoms. The summed E-state index contributed by atoms with van der Waals surface area (Å²) in [6, 6.07) is 27.2. The Hall–Kier alpha value is -4.19. The van der Waals surface area contributed by atoms with E-state index in [-0.39, 0.29) is 12.3 Å². The van der Waals surface area contributed by atoms with Crippen LogP contribution in [0.2, 0.25) is 0 Å². The topological polar surface area (TPSA) is 76.1 Å². The second-order valence-electron chi connectivity index (χ2n) is 7.72. The fourth-order valence-electron chi connectivity index (χ4n) is 3.33. The predicted octanol–water partition coefficient (Wildman–Crippen LogP) is 5.91. The van der Waals surface area contributed by atoms with Crippen LogP contribution in [0.15, 0.2) is 84.9 Å². The molecule has 0 aliphatic rings. The van der Waals surface area contributed by atoms with Crippen molar-refractivity contribution in [1.29, 1.82) is 0 Å². The molecule has 6 heteroatoms. The molecule has 2 N–H and O–H groups in total. The fourth-order valence-corrected chi connectivity index (χ4v) is 3.33. The first kappa shape index (κ1) is 22.0. The molecule has 0 atom stereocenters. The van der Waals surface area contributed by atoms with Gasteiger partial charge in [0.05, 0.1) is 18.7 Å². The molecule has 1 amide bonds. The van der Waals surface area contributed by atoms with Crippen LogP contribution in [0.5, 0.6) is 5.75 Å². The van der Waals surface area contributed by atoms with Crippen LogP contribution in [0.25, 0.3) is 11.3 Å². The van der Waals surface area contributed by atoms with Crippen LogP contribution < -0.4 is 15.4 Å². The lowest BCUT2D eigenvalue weighted by Gasteiger charge is -2.11. The molecule has 0 saturated heterocycles. The molecule has 1 heterocycles. The van der Waals surface area contributed by atoms with Crippen molar-refractivity contribution in [3.05, 3.63) is 96.3 Å². The summed E-state index contributed by atoms with van der Waals surface area (Å²) in [7, 11) is 0. The lowest BCUT2D eigenvalue weighted by molar-refractivity contribution is -0.116. The van der Waals surface area contributed by atoms with Gasteiger partial charge in [0.1, 0.15) is 17.4 Å². The molecule has 0 radical (unpaired) electrons. The van der Waals surface area contributed by atoms with E-state index in [1.807, 2.05) is 98.8 Å². The second kappa shape index (κ2) is 10.4. The number of benzene rings is 3. The Morgan fingerprint density at radius 2 is 1.61 bits per heavy atom.